The van der Waals surface area contributed by atoms with E-state index >= 15 is 0 Å². The van der Waals surface area contributed by atoms with Gasteiger partial charge in [-0.3, -0.25) is 9.59 Å². The van der Waals surface area contributed by atoms with Crippen molar-refractivity contribution in [2.75, 3.05) is 45.3 Å². The molecule has 0 radical (unpaired) electrons. The Morgan fingerprint density at radius 1 is 0.844 bits per heavy atom. The summed E-state index contributed by atoms with van der Waals surface area (Å²) in [4.78, 5) is 25.0. The second-order valence-electron chi connectivity index (χ2n) is 8.67. The van der Waals surface area contributed by atoms with Gasteiger partial charge in [0.2, 0.25) is 5.91 Å². The van der Waals surface area contributed by atoms with Crippen molar-refractivity contribution in [2.24, 2.45) is 5.41 Å². The van der Waals surface area contributed by atoms with Crippen LogP contribution in [0, 0.1) is 5.41 Å². The first-order valence-corrected chi connectivity index (χ1v) is 14.3. The van der Waals surface area contributed by atoms with E-state index in [-0.39, 0.29) is 11.8 Å². The quantitative estimate of drug-likeness (QED) is 0.145. The number of rotatable bonds is 19. The molecule has 0 aliphatic carbocycles. The van der Waals surface area contributed by atoms with Crippen molar-refractivity contribution in [2.45, 2.75) is 79.4 Å². The van der Waals surface area contributed by atoms with Gasteiger partial charge in [0.05, 0.1) is 0 Å². The van der Waals surface area contributed by atoms with E-state index in [1.54, 1.807) is 13.8 Å². The number of amides is 2. The molecule has 0 aliphatic rings. The molecule has 0 unspecified atom stereocenters. The zero-order chi connectivity index (χ0) is 24.7. The first-order chi connectivity index (χ1) is 15.0. The molecule has 8 nitrogen and oxygen atoms in total. The van der Waals surface area contributed by atoms with E-state index in [2.05, 4.69) is 23.3 Å². The first kappa shape index (κ1) is 31.3. The van der Waals surface area contributed by atoms with Crippen molar-refractivity contribution >= 4 is 33.2 Å². The number of thiol groups is 1. The molecule has 2 N–H and O–H groups in total. The van der Waals surface area contributed by atoms with Crippen molar-refractivity contribution in [3.63, 3.8) is 0 Å². The molecular formula is C22H46N2O6SSi. The highest BCUT2D eigenvalue weighted by atomic mass is 32.1. The molecule has 0 rings (SSSR count). The molecule has 0 saturated carbocycles. The smallest absolute Gasteiger partial charge is 0.374 e. The Labute approximate surface area is 201 Å². The monoisotopic (exact) mass is 494 g/mol. The topological polar surface area (TPSA) is 95.1 Å². The van der Waals surface area contributed by atoms with Gasteiger partial charge in [0, 0.05) is 51.0 Å². The summed E-state index contributed by atoms with van der Waals surface area (Å²) in [7, 11) is -2.70. The van der Waals surface area contributed by atoms with Crippen LogP contribution in [0.5, 0.6) is 0 Å². The minimum absolute atomic E-state index is 0.0179. The van der Waals surface area contributed by atoms with Gasteiger partial charge >= 0.3 is 8.80 Å². The van der Waals surface area contributed by atoms with E-state index in [1.807, 2.05) is 34.6 Å². The molecule has 0 fully saturated rings. The lowest BCUT2D eigenvalue weighted by molar-refractivity contribution is -0.144. The van der Waals surface area contributed by atoms with Gasteiger partial charge < -0.3 is 28.6 Å². The number of carbonyl (C=O) groups excluding carboxylic acids is 2. The van der Waals surface area contributed by atoms with Gasteiger partial charge in [-0.1, -0.05) is 13.8 Å². The summed E-state index contributed by atoms with van der Waals surface area (Å²) in [6.45, 7) is 16.0. The number of carbonyl (C=O) groups is 2. The maximum absolute atomic E-state index is 12.6. The number of nitrogens with one attached hydrogen (secondary N) is 2. The summed E-state index contributed by atoms with van der Waals surface area (Å²) >= 11 is 4.15. The summed E-state index contributed by atoms with van der Waals surface area (Å²) in [5.41, 5.74) is -1.57. The van der Waals surface area contributed by atoms with Gasteiger partial charge in [-0.05, 0) is 59.6 Å². The third-order valence-corrected chi connectivity index (χ3v) is 8.48. The highest BCUT2D eigenvalue weighted by Gasteiger charge is 2.40. The molecule has 0 aromatic rings. The predicted octanol–water partition coefficient (Wildman–Crippen LogP) is 3.19. The molecule has 190 valence electrons. The normalized spacial score (nSPS) is 12.6. The van der Waals surface area contributed by atoms with Gasteiger partial charge in [-0.2, -0.15) is 12.6 Å². The fourth-order valence-electron chi connectivity index (χ4n) is 2.98. The van der Waals surface area contributed by atoms with E-state index in [0.29, 0.717) is 58.4 Å². The summed E-state index contributed by atoms with van der Waals surface area (Å²) in [6, 6.07) is 0.639. The van der Waals surface area contributed by atoms with E-state index in [0.717, 1.165) is 12.2 Å². The number of ether oxygens (including phenoxy) is 1. The standard InChI is InChI=1S/C22H46N2O6SSi/c1-8-28-32(29-9-2,30-10-3)18-12-15-24-20(26)22(6,7)27-16-13-21(4,5)19(25)23-14-11-17-31/h31H,8-18H2,1-7H3,(H,23,25)(H,24,26). The second-order valence-corrected chi connectivity index (χ2v) is 11.8. The molecule has 0 atom stereocenters. The van der Waals surface area contributed by atoms with Crippen molar-refractivity contribution in [3.8, 4) is 0 Å². The Balaban J connectivity index is 4.50. The van der Waals surface area contributed by atoms with Gasteiger partial charge in [-0.25, -0.2) is 0 Å². The van der Waals surface area contributed by atoms with E-state index in [9.17, 15) is 9.59 Å². The average molecular weight is 495 g/mol. The van der Waals surface area contributed by atoms with Crippen LogP contribution in [-0.2, 0) is 27.6 Å². The zero-order valence-corrected chi connectivity index (χ0v) is 23.1. The van der Waals surface area contributed by atoms with Gasteiger partial charge in [0.25, 0.3) is 5.91 Å². The van der Waals surface area contributed by atoms with Crippen molar-refractivity contribution in [3.05, 3.63) is 0 Å². The molecule has 32 heavy (non-hydrogen) atoms. The van der Waals surface area contributed by atoms with E-state index in [1.165, 1.54) is 0 Å². The summed E-state index contributed by atoms with van der Waals surface area (Å²) in [5.74, 6) is 0.528. The lowest BCUT2D eigenvalue weighted by Crippen LogP contribution is -2.48. The molecular weight excluding hydrogens is 448 g/mol. The van der Waals surface area contributed by atoms with Crippen LogP contribution in [0.15, 0.2) is 0 Å². The maximum atomic E-state index is 12.6. The molecule has 0 saturated heterocycles. The van der Waals surface area contributed by atoms with Crippen LogP contribution in [0.4, 0.5) is 0 Å². The Hall–Kier alpha value is -0.653. The van der Waals surface area contributed by atoms with Crippen LogP contribution in [0.25, 0.3) is 0 Å². The molecule has 0 aliphatic heterocycles. The average Bonchev–Trinajstić information content (AvgIpc) is 2.71. The van der Waals surface area contributed by atoms with Crippen LogP contribution in [0.1, 0.15) is 67.7 Å². The van der Waals surface area contributed by atoms with Crippen LogP contribution in [-0.4, -0.2) is 71.5 Å². The lowest BCUT2D eigenvalue weighted by atomic mass is 9.88. The molecule has 0 spiro atoms. The Morgan fingerprint density at radius 3 is 1.84 bits per heavy atom. The number of hydrogen-bond donors (Lipinski definition) is 3. The van der Waals surface area contributed by atoms with Crippen LogP contribution >= 0.6 is 12.6 Å². The zero-order valence-electron chi connectivity index (χ0n) is 21.2. The highest BCUT2D eigenvalue weighted by Crippen LogP contribution is 2.22. The maximum Gasteiger partial charge on any atom is 0.500 e. The Morgan fingerprint density at radius 2 is 1.34 bits per heavy atom. The van der Waals surface area contributed by atoms with Crippen LogP contribution < -0.4 is 10.6 Å². The van der Waals surface area contributed by atoms with Gasteiger partial charge in [0.15, 0.2) is 0 Å². The first-order valence-electron chi connectivity index (χ1n) is 11.7. The molecule has 0 aromatic heterocycles. The van der Waals surface area contributed by atoms with E-state index < -0.39 is 19.8 Å². The molecule has 2 amide bonds. The molecule has 10 heteroatoms. The molecule has 0 aromatic carbocycles. The van der Waals surface area contributed by atoms with E-state index in [4.69, 9.17) is 18.0 Å². The Bertz CT molecular complexity index is 531. The summed E-state index contributed by atoms with van der Waals surface area (Å²) < 4.78 is 23.4. The highest BCUT2D eigenvalue weighted by molar-refractivity contribution is 7.80. The van der Waals surface area contributed by atoms with Crippen LogP contribution in [0.3, 0.4) is 0 Å². The van der Waals surface area contributed by atoms with Crippen LogP contribution in [0.2, 0.25) is 6.04 Å². The summed E-state index contributed by atoms with van der Waals surface area (Å²) in [6.07, 6.45) is 2.03. The molecule has 0 heterocycles. The van der Waals surface area contributed by atoms with Crippen molar-refractivity contribution in [1.82, 2.24) is 10.6 Å². The third kappa shape index (κ3) is 12.0. The number of hydrogen-bond acceptors (Lipinski definition) is 7. The Kier molecular flexibility index (Phi) is 15.7. The van der Waals surface area contributed by atoms with Crippen molar-refractivity contribution < 1.29 is 27.6 Å². The van der Waals surface area contributed by atoms with Gasteiger partial charge in [-0.15, -0.1) is 0 Å². The summed E-state index contributed by atoms with van der Waals surface area (Å²) in [5, 5.41) is 5.85. The van der Waals surface area contributed by atoms with Crippen molar-refractivity contribution in [1.29, 1.82) is 0 Å². The second kappa shape index (κ2) is 16.1. The fourth-order valence-corrected chi connectivity index (χ4v) is 5.75. The fraction of sp³-hybridized carbons (Fsp3) is 0.909. The SMILES string of the molecule is CCO[Si](CCCNC(=O)C(C)(C)OCCC(C)(C)C(=O)NCCCS)(OCC)OCC. The largest absolute Gasteiger partial charge is 0.500 e. The minimum Gasteiger partial charge on any atom is -0.374 e. The third-order valence-electron chi connectivity index (χ3n) is 5.01. The minimum atomic E-state index is -2.70. The van der Waals surface area contributed by atoms with Gasteiger partial charge in [0.1, 0.15) is 5.60 Å². The molecule has 0 bridgehead atoms. The lowest BCUT2D eigenvalue weighted by Gasteiger charge is -2.29. The predicted molar refractivity (Wildman–Crippen MR) is 133 cm³/mol.